The van der Waals surface area contributed by atoms with Gasteiger partial charge in [-0.2, -0.15) is 0 Å². The molecule has 18 heavy (non-hydrogen) atoms. The Morgan fingerprint density at radius 3 is 2.61 bits per heavy atom. The summed E-state index contributed by atoms with van der Waals surface area (Å²) in [6, 6.07) is 9.16. The third-order valence-electron chi connectivity index (χ3n) is 4.17. The van der Waals surface area contributed by atoms with E-state index >= 15 is 0 Å². The minimum atomic E-state index is 0.757. The monoisotopic (exact) mass is 247 g/mol. The van der Waals surface area contributed by atoms with Crippen molar-refractivity contribution in [2.24, 2.45) is 5.92 Å². The highest BCUT2D eigenvalue weighted by Gasteiger charge is 2.21. The lowest BCUT2D eigenvalue weighted by Gasteiger charge is -2.33. The topological polar surface area (TPSA) is 12.5 Å². The van der Waals surface area contributed by atoms with Gasteiger partial charge in [-0.25, -0.2) is 0 Å². The molecule has 0 amide bonds. The highest BCUT2D eigenvalue weighted by molar-refractivity contribution is 5.28. The quantitative estimate of drug-likeness (QED) is 0.804. The molecule has 2 heteroatoms. The van der Waals surface area contributed by atoms with E-state index in [2.05, 4.69) is 37.1 Å². The Balaban J connectivity index is 1.91. The number of rotatable bonds is 4. The van der Waals surface area contributed by atoms with E-state index in [4.69, 9.17) is 4.74 Å². The Bertz CT molecular complexity index is 369. The third kappa shape index (κ3) is 3.49. The summed E-state index contributed by atoms with van der Waals surface area (Å²) in [7, 11) is 3.98. The minimum Gasteiger partial charge on any atom is -0.497 e. The molecule has 0 heterocycles. The molecule has 100 valence electrons. The van der Waals surface area contributed by atoms with Gasteiger partial charge in [-0.15, -0.1) is 0 Å². The van der Waals surface area contributed by atoms with Crippen molar-refractivity contribution >= 4 is 0 Å². The maximum Gasteiger partial charge on any atom is 0.119 e. The van der Waals surface area contributed by atoms with Crippen LogP contribution in [-0.2, 0) is 6.54 Å². The van der Waals surface area contributed by atoms with Crippen molar-refractivity contribution in [1.29, 1.82) is 0 Å². The van der Waals surface area contributed by atoms with Crippen LogP contribution in [0.5, 0.6) is 5.75 Å². The van der Waals surface area contributed by atoms with E-state index in [1.807, 2.05) is 6.07 Å². The van der Waals surface area contributed by atoms with Gasteiger partial charge in [0.05, 0.1) is 7.11 Å². The SMILES string of the molecule is COc1cccc(CN(C)C2CCC(C)CC2)c1. The lowest BCUT2D eigenvalue weighted by atomic mass is 9.86. The zero-order valence-electron chi connectivity index (χ0n) is 11.9. The van der Waals surface area contributed by atoms with Gasteiger partial charge in [0.25, 0.3) is 0 Å². The number of benzene rings is 1. The second kappa shape index (κ2) is 6.24. The van der Waals surface area contributed by atoms with Crippen molar-refractivity contribution < 1.29 is 4.74 Å². The molecule has 1 fully saturated rings. The van der Waals surface area contributed by atoms with Gasteiger partial charge in [-0.1, -0.05) is 19.1 Å². The fraction of sp³-hybridized carbons (Fsp3) is 0.625. The summed E-state index contributed by atoms with van der Waals surface area (Å²) in [5, 5.41) is 0. The maximum absolute atomic E-state index is 5.28. The van der Waals surface area contributed by atoms with Gasteiger partial charge in [-0.05, 0) is 56.3 Å². The third-order valence-corrected chi connectivity index (χ3v) is 4.17. The number of hydrogen-bond donors (Lipinski definition) is 0. The van der Waals surface area contributed by atoms with Gasteiger partial charge in [-0.3, -0.25) is 4.90 Å². The van der Waals surface area contributed by atoms with E-state index in [1.165, 1.54) is 31.2 Å². The van der Waals surface area contributed by atoms with Crippen LogP contribution in [0.4, 0.5) is 0 Å². The Kier molecular flexibility index (Phi) is 4.65. The average Bonchev–Trinajstić information content (AvgIpc) is 2.39. The summed E-state index contributed by atoms with van der Waals surface area (Å²) >= 11 is 0. The molecule has 0 radical (unpaired) electrons. The van der Waals surface area contributed by atoms with Gasteiger partial charge in [0, 0.05) is 12.6 Å². The molecule has 1 aromatic rings. The molecule has 0 bridgehead atoms. The molecule has 1 aromatic carbocycles. The fourth-order valence-corrected chi connectivity index (χ4v) is 2.87. The van der Waals surface area contributed by atoms with Crippen molar-refractivity contribution in [2.75, 3.05) is 14.2 Å². The Labute approximate surface area is 111 Å². The predicted octanol–water partition coefficient (Wildman–Crippen LogP) is 3.71. The summed E-state index contributed by atoms with van der Waals surface area (Å²) in [4.78, 5) is 2.50. The molecule has 1 aliphatic rings. The van der Waals surface area contributed by atoms with Crippen LogP contribution in [0.1, 0.15) is 38.2 Å². The van der Waals surface area contributed by atoms with E-state index in [-0.39, 0.29) is 0 Å². The maximum atomic E-state index is 5.28. The van der Waals surface area contributed by atoms with Crippen LogP contribution < -0.4 is 4.74 Å². The summed E-state index contributed by atoms with van der Waals surface area (Å²) in [5.74, 6) is 1.88. The minimum absolute atomic E-state index is 0.757. The number of hydrogen-bond acceptors (Lipinski definition) is 2. The molecule has 2 nitrogen and oxygen atoms in total. The van der Waals surface area contributed by atoms with Crippen LogP contribution in [0.25, 0.3) is 0 Å². The molecule has 2 rings (SSSR count). The largest absolute Gasteiger partial charge is 0.497 e. The number of methoxy groups -OCH3 is 1. The summed E-state index contributed by atoms with van der Waals surface area (Å²) in [6.45, 7) is 3.40. The van der Waals surface area contributed by atoms with E-state index in [0.717, 1.165) is 24.3 Å². The van der Waals surface area contributed by atoms with Crippen LogP contribution in [0, 0.1) is 5.92 Å². The first-order valence-electron chi connectivity index (χ1n) is 7.02. The van der Waals surface area contributed by atoms with Crippen LogP contribution >= 0.6 is 0 Å². The first kappa shape index (κ1) is 13.4. The fourth-order valence-electron chi connectivity index (χ4n) is 2.87. The second-order valence-electron chi connectivity index (χ2n) is 5.68. The van der Waals surface area contributed by atoms with Gasteiger partial charge < -0.3 is 4.74 Å². The lowest BCUT2D eigenvalue weighted by Crippen LogP contribution is -2.34. The van der Waals surface area contributed by atoms with Gasteiger partial charge in [0.1, 0.15) is 5.75 Å². The Morgan fingerprint density at radius 1 is 1.22 bits per heavy atom. The summed E-state index contributed by atoms with van der Waals surface area (Å²) in [6.07, 6.45) is 5.46. The molecule has 0 saturated heterocycles. The molecule has 1 saturated carbocycles. The zero-order valence-corrected chi connectivity index (χ0v) is 11.9. The van der Waals surface area contributed by atoms with Gasteiger partial charge in [0.15, 0.2) is 0 Å². The summed E-state index contributed by atoms with van der Waals surface area (Å²) in [5.41, 5.74) is 1.34. The molecule has 0 N–H and O–H groups in total. The van der Waals surface area contributed by atoms with E-state index < -0.39 is 0 Å². The van der Waals surface area contributed by atoms with Crippen LogP contribution in [-0.4, -0.2) is 25.1 Å². The zero-order chi connectivity index (χ0) is 13.0. The molecular formula is C16H25NO. The molecule has 1 aliphatic carbocycles. The molecule has 0 unspecified atom stereocenters. The van der Waals surface area contributed by atoms with Crippen molar-refractivity contribution in [3.63, 3.8) is 0 Å². The van der Waals surface area contributed by atoms with Crippen molar-refractivity contribution in [3.05, 3.63) is 29.8 Å². The van der Waals surface area contributed by atoms with Crippen molar-refractivity contribution in [3.8, 4) is 5.75 Å². The Hall–Kier alpha value is -1.02. The predicted molar refractivity (Wildman–Crippen MR) is 75.9 cm³/mol. The lowest BCUT2D eigenvalue weighted by molar-refractivity contribution is 0.164. The second-order valence-corrected chi connectivity index (χ2v) is 5.68. The van der Waals surface area contributed by atoms with Gasteiger partial charge in [0.2, 0.25) is 0 Å². The molecule has 0 spiro atoms. The summed E-state index contributed by atoms with van der Waals surface area (Å²) < 4.78 is 5.28. The first-order chi connectivity index (χ1) is 8.69. The molecule has 0 aliphatic heterocycles. The number of ether oxygens (including phenoxy) is 1. The highest BCUT2D eigenvalue weighted by Crippen LogP contribution is 2.27. The van der Waals surface area contributed by atoms with Crippen LogP contribution in [0.15, 0.2) is 24.3 Å². The van der Waals surface area contributed by atoms with E-state index in [0.29, 0.717) is 0 Å². The normalized spacial score (nSPS) is 24.2. The molecule has 0 atom stereocenters. The van der Waals surface area contributed by atoms with Crippen LogP contribution in [0.2, 0.25) is 0 Å². The molecule has 0 aromatic heterocycles. The first-order valence-corrected chi connectivity index (χ1v) is 7.02. The Morgan fingerprint density at radius 2 is 1.94 bits per heavy atom. The van der Waals surface area contributed by atoms with Crippen LogP contribution in [0.3, 0.4) is 0 Å². The van der Waals surface area contributed by atoms with E-state index in [9.17, 15) is 0 Å². The highest BCUT2D eigenvalue weighted by atomic mass is 16.5. The molecular weight excluding hydrogens is 222 g/mol. The smallest absolute Gasteiger partial charge is 0.119 e. The van der Waals surface area contributed by atoms with Crippen molar-refractivity contribution in [2.45, 2.75) is 45.2 Å². The average molecular weight is 247 g/mol. The van der Waals surface area contributed by atoms with E-state index in [1.54, 1.807) is 7.11 Å². The van der Waals surface area contributed by atoms with Gasteiger partial charge >= 0.3 is 0 Å². The van der Waals surface area contributed by atoms with Crippen molar-refractivity contribution in [1.82, 2.24) is 4.90 Å². The standard InChI is InChI=1S/C16H25NO/c1-13-7-9-15(10-8-13)17(2)12-14-5-4-6-16(11-14)18-3/h4-6,11,13,15H,7-10,12H2,1-3H3. The number of nitrogens with zero attached hydrogens (tertiary/aromatic N) is 1.